The average Bonchev–Trinajstić information content (AvgIpc) is 2.54. The summed E-state index contributed by atoms with van der Waals surface area (Å²) in [7, 11) is 0. The molecule has 1 saturated heterocycles. The zero-order chi connectivity index (χ0) is 16.4. The van der Waals surface area contributed by atoms with Gasteiger partial charge >= 0.3 is 5.63 Å². The van der Waals surface area contributed by atoms with Crippen LogP contribution in [0.15, 0.2) is 33.5 Å². The molecule has 1 aromatic heterocycles. The molecule has 3 rings (SSSR count). The normalized spacial score (nSPS) is 20.7. The third kappa shape index (κ3) is 3.65. The third-order valence-electron chi connectivity index (χ3n) is 4.92. The monoisotopic (exact) mass is 315 g/mol. The van der Waals surface area contributed by atoms with E-state index in [-0.39, 0.29) is 11.7 Å². The Morgan fingerprint density at radius 3 is 2.96 bits per heavy atom. The van der Waals surface area contributed by atoms with Crippen molar-refractivity contribution >= 4 is 11.0 Å². The molecule has 4 nitrogen and oxygen atoms in total. The van der Waals surface area contributed by atoms with Crippen molar-refractivity contribution in [2.24, 2.45) is 5.92 Å². The highest BCUT2D eigenvalue weighted by molar-refractivity contribution is 5.80. The maximum absolute atomic E-state index is 11.9. The van der Waals surface area contributed by atoms with Gasteiger partial charge in [-0.25, -0.2) is 4.79 Å². The quantitative estimate of drug-likeness (QED) is 0.881. The number of aliphatic hydroxyl groups excluding tert-OH is 1. The predicted octanol–water partition coefficient (Wildman–Crippen LogP) is 2.95. The van der Waals surface area contributed by atoms with Gasteiger partial charge in [0.15, 0.2) is 0 Å². The second-order valence-electron chi connectivity index (χ2n) is 6.65. The fourth-order valence-electron chi connectivity index (χ4n) is 3.49. The number of fused-ring (bicyclic) bond motifs is 1. The van der Waals surface area contributed by atoms with Crippen LogP contribution in [0.5, 0.6) is 0 Å². The van der Waals surface area contributed by atoms with Crippen molar-refractivity contribution < 1.29 is 9.52 Å². The molecule has 124 valence electrons. The molecular formula is C19H25NO3. The second-order valence-corrected chi connectivity index (χ2v) is 6.65. The first-order chi connectivity index (χ1) is 11.1. The molecule has 0 amide bonds. The zero-order valence-electron chi connectivity index (χ0n) is 13.9. The van der Waals surface area contributed by atoms with Gasteiger partial charge in [-0.3, -0.25) is 4.90 Å². The van der Waals surface area contributed by atoms with Gasteiger partial charge in [-0.1, -0.05) is 19.1 Å². The van der Waals surface area contributed by atoms with Crippen molar-refractivity contribution in [2.75, 3.05) is 13.1 Å². The Bertz CT molecular complexity index is 735. The van der Waals surface area contributed by atoms with Gasteiger partial charge in [-0.05, 0) is 55.8 Å². The molecule has 1 fully saturated rings. The van der Waals surface area contributed by atoms with Crippen molar-refractivity contribution in [1.82, 2.24) is 4.90 Å². The number of benzene rings is 1. The minimum absolute atomic E-state index is 0.275. The molecular weight excluding hydrogens is 290 g/mol. The fourth-order valence-corrected chi connectivity index (χ4v) is 3.49. The van der Waals surface area contributed by atoms with Gasteiger partial charge in [0.05, 0.1) is 6.10 Å². The van der Waals surface area contributed by atoms with Gasteiger partial charge in [0.2, 0.25) is 0 Å². The molecule has 2 unspecified atom stereocenters. The molecule has 1 N–H and O–H groups in total. The van der Waals surface area contributed by atoms with Crippen molar-refractivity contribution in [1.29, 1.82) is 0 Å². The molecule has 1 aromatic carbocycles. The summed E-state index contributed by atoms with van der Waals surface area (Å²) in [6.07, 6.45) is 2.81. The lowest BCUT2D eigenvalue weighted by Crippen LogP contribution is -2.39. The summed E-state index contributed by atoms with van der Waals surface area (Å²) in [5.74, 6) is 0.321. The first kappa shape index (κ1) is 16.2. The molecule has 0 radical (unpaired) electrons. The van der Waals surface area contributed by atoms with Gasteiger partial charge in [0.1, 0.15) is 5.58 Å². The summed E-state index contributed by atoms with van der Waals surface area (Å²) in [5, 5.41) is 10.9. The number of hydrogen-bond donors (Lipinski definition) is 1. The van der Waals surface area contributed by atoms with E-state index < -0.39 is 0 Å². The maximum Gasteiger partial charge on any atom is 0.336 e. The SMILES string of the molecule is CCc1ccc2c(CN3CCCC(C(C)O)C3)cc(=O)oc2c1. The molecule has 1 aliphatic heterocycles. The van der Waals surface area contributed by atoms with Crippen LogP contribution in [0.25, 0.3) is 11.0 Å². The summed E-state index contributed by atoms with van der Waals surface area (Å²) in [6.45, 7) is 6.58. The summed E-state index contributed by atoms with van der Waals surface area (Å²) in [6, 6.07) is 7.73. The standard InChI is InChI=1S/C19H25NO3/c1-3-14-6-7-17-16(10-19(22)23-18(17)9-14)12-20-8-4-5-15(11-20)13(2)21/h6-7,9-10,13,15,21H,3-5,8,11-12H2,1-2H3. The predicted molar refractivity (Wildman–Crippen MR) is 91.5 cm³/mol. The Balaban J connectivity index is 1.89. The topological polar surface area (TPSA) is 53.7 Å². The highest BCUT2D eigenvalue weighted by Crippen LogP contribution is 2.24. The second kappa shape index (κ2) is 6.85. The number of rotatable bonds is 4. The van der Waals surface area contributed by atoms with Crippen LogP contribution in [0, 0.1) is 5.92 Å². The molecule has 2 aromatic rings. The van der Waals surface area contributed by atoms with E-state index in [1.165, 1.54) is 5.56 Å². The zero-order valence-corrected chi connectivity index (χ0v) is 13.9. The minimum atomic E-state index is -0.287. The summed E-state index contributed by atoms with van der Waals surface area (Å²) >= 11 is 0. The number of nitrogens with zero attached hydrogens (tertiary/aromatic N) is 1. The van der Waals surface area contributed by atoms with E-state index in [9.17, 15) is 9.90 Å². The van der Waals surface area contributed by atoms with E-state index in [1.54, 1.807) is 6.07 Å². The van der Waals surface area contributed by atoms with E-state index in [0.29, 0.717) is 11.5 Å². The van der Waals surface area contributed by atoms with Crippen LogP contribution >= 0.6 is 0 Å². The molecule has 0 bridgehead atoms. The largest absolute Gasteiger partial charge is 0.423 e. The molecule has 4 heteroatoms. The molecule has 0 spiro atoms. The van der Waals surface area contributed by atoms with Crippen LogP contribution in [0.4, 0.5) is 0 Å². The molecule has 2 atom stereocenters. The van der Waals surface area contributed by atoms with E-state index >= 15 is 0 Å². The Morgan fingerprint density at radius 1 is 1.39 bits per heavy atom. The van der Waals surface area contributed by atoms with Crippen molar-refractivity contribution in [3.8, 4) is 0 Å². The van der Waals surface area contributed by atoms with Gasteiger partial charge in [-0.2, -0.15) is 0 Å². The van der Waals surface area contributed by atoms with Crippen molar-refractivity contribution in [3.63, 3.8) is 0 Å². The smallest absolute Gasteiger partial charge is 0.336 e. The molecule has 23 heavy (non-hydrogen) atoms. The average molecular weight is 315 g/mol. The van der Waals surface area contributed by atoms with Gasteiger partial charge < -0.3 is 9.52 Å². The summed E-state index contributed by atoms with van der Waals surface area (Å²) in [4.78, 5) is 14.2. The lowest BCUT2D eigenvalue weighted by atomic mass is 9.93. The Hall–Kier alpha value is -1.65. The number of likely N-dealkylation sites (tertiary alicyclic amines) is 1. The van der Waals surface area contributed by atoms with Crippen LogP contribution in [-0.4, -0.2) is 29.2 Å². The highest BCUT2D eigenvalue weighted by atomic mass is 16.4. The maximum atomic E-state index is 11.9. The first-order valence-corrected chi connectivity index (χ1v) is 8.53. The minimum Gasteiger partial charge on any atom is -0.423 e. The summed E-state index contributed by atoms with van der Waals surface area (Å²) in [5.41, 5.74) is 2.58. The number of hydrogen-bond acceptors (Lipinski definition) is 4. The lowest BCUT2D eigenvalue weighted by molar-refractivity contribution is 0.0600. The lowest BCUT2D eigenvalue weighted by Gasteiger charge is -2.34. The summed E-state index contributed by atoms with van der Waals surface area (Å²) < 4.78 is 5.38. The van der Waals surface area contributed by atoms with Gasteiger partial charge in [-0.15, -0.1) is 0 Å². The Kier molecular flexibility index (Phi) is 4.83. The van der Waals surface area contributed by atoms with Crippen LogP contribution in [0.2, 0.25) is 0 Å². The molecule has 0 saturated carbocycles. The van der Waals surface area contributed by atoms with E-state index in [0.717, 1.165) is 49.8 Å². The third-order valence-corrected chi connectivity index (χ3v) is 4.92. The Labute approximate surface area is 136 Å². The molecule has 1 aliphatic rings. The van der Waals surface area contributed by atoms with Crippen LogP contribution in [0.1, 0.15) is 37.8 Å². The van der Waals surface area contributed by atoms with Crippen LogP contribution in [-0.2, 0) is 13.0 Å². The molecule has 2 heterocycles. The number of aliphatic hydroxyl groups is 1. The van der Waals surface area contributed by atoms with Crippen molar-refractivity contribution in [2.45, 2.75) is 45.8 Å². The van der Waals surface area contributed by atoms with Crippen LogP contribution < -0.4 is 5.63 Å². The van der Waals surface area contributed by atoms with Crippen LogP contribution in [0.3, 0.4) is 0 Å². The highest BCUT2D eigenvalue weighted by Gasteiger charge is 2.24. The first-order valence-electron chi connectivity index (χ1n) is 8.53. The molecule has 0 aliphatic carbocycles. The fraction of sp³-hybridized carbons (Fsp3) is 0.526. The van der Waals surface area contributed by atoms with E-state index in [4.69, 9.17) is 4.42 Å². The van der Waals surface area contributed by atoms with Gasteiger partial charge in [0.25, 0.3) is 0 Å². The van der Waals surface area contributed by atoms with E-state index in [1.807, 2.05) is 13.0 Å². The number of piperidine rings is 1. The number of aryl methyl sites for hydroxylation is 1. The van der Waals surface area contributed by atoms with Gasteiger partial charge in [0, 0.05) is 24.5 Å². The Morgan fingerprint density at radius 2 is 2.22 bits per heavy atom. The van der Waals surface area contributed by atoms with E-state index in [2.05, 4.69) is 24.0 Å². The van der Waals surface area contributed by atoms with Crippen molar-refractivity contribution in [3.05, 3.63) is 45.8 Å².